The van der Waals surface area contributed by atoms with E-state index in [2.05, 4.69) is 0 Å². The number of carbonyl (C=O) groups excluding carboxylic acids is 1. The van der Waals surface area contributed by atoms with Crippen molar-refractivity contribution in [1.29, 1.82) is 0 Å². The molecule has 0 N–H and O–H groups in total. The van der Waals surface area contributed by atoms with E-state index >= 15 is 0 Å². The summed E-state index contributed by atoms with van der Waals surface area (Å²) in [6.07, 6.45) is 1.87. The number of aryl methyl sites for hydroxylation is 1. The van der Waals surface area contributed by atoms with Crippen LogP contribution < -0.4 is 4.90 Å². The maximum Gasteiger partial charge on any atom is 0.270 e. The first-order chi connectivity index (χ1) is 17.6. The lowest BCUT2D eigenvalue weighted by Gasteiger charge is -2.22. The molecule has 5 aromatic rings. The number of nitrogens with zero attached hydrogens (tertiary/aromatic N) is 4. The zero-order valence-electron chi connectivity index (χ0n) is 19.6. The van der Waals surface area contributed by atoms with Crippen molar-refractivity contribution in [2.75, 3.05) is 18.1 Å². The molecule has 0 spiro atoms. The molecular formula is C27H23FN4O2S2. The number of thiophene rings is 1. The number of benzene rings is 2. The van der Waals surface area contributed by atoms with E-state index in [1.165, 1.54) is 34.8 Å². The molecule has 182 valence electrons. The first-order valence-electron chi connectivity index (χ1n) is 11.8. The largest absolute Gasteiger partial charge is 0.376 e. The molecule has 1 atom stereocenters. The number of carbonyl (C=O) groups is 1. The molecule has 0 unspecified atom stereocenters. The average Bonchev–Trinajstić information content (AvgIpc) is 3.69. The highest BCUT2D eigenvalue weighted by molar-refractivity contribution is 7.20. The van der Waals surface area contributed by atoms with Gasteiger partial charge in [-0.2, -0.15) is 5.10 Å². The number of amides is 1. The van der Waals surface area contributed by atoms with Crippen molar-refractivity contribution in [3.05, 3.63) is 82.4 Å². The first kappa shape index (κ1) is 23.0. The molecule has 3 aromatic heterocycles. The van der Waals surface area contributed by atoms with Crippen LogP contribution in [0.2, 0.25) is 0 Å². The Labute approximate surface area is 215 Å². The summed E-state index contributed by atoms with van der Waals surface area (Å²) in [5.41, 5.74) is 3.36. The van der Waals surface area contributed by atoms with Crippen LogP contribution in [0.25, 0.3) is 27.2 Å². The predicted octanol–water partition coefficient (Wildman–Crippen LogP) is 6.48. The molecular weight excluding hydrogens is 495 g/mol. The third kappa shape index (κ3) is 4.34. The van der Waals surface area contributed by atoms with Crippen molar-refractivity contribution in [3.63, 3.8) is 0 Å². The van der Waals surface area contributed by atoms with Crippen molar-refractivity contribution in [2.45, 2.75) is 25.9 Å². The van der Waals surface area contributed by atoms with Crippen LogP contribution in [0.1, 0.15) is 28.2 Å². The van der Waals surface area contributed by atoms with E-state index in [1.807, 2.05) is 53.4 Å². The van der Waals surface area contributed by atoms with E-state index in [9.17, 15) is 9.18 Å². The standard InChI is InChI=1S/C27H23FN4O2S2/c1-17-22-14-24(36-26(22)32(30-17)20-6-3-2-4-7-20)25(33)31(15-21-8-5-13-34-21)27-29-23(16-35-27)18-9-11-19(28)12-10-18/h2-4,6-7,9-12,14,16,21H,5,8,13,15H2,1H3/t21-/m1/s1. The van der Waals surface area contributed by atoms with Crippen LogP contribution in [0.15, 0.2) is 66.0 Å². The van der Waals surface area contributed by atoms with Crippen molar-refractivity contribution >= 4 is 43.9 Å². The molecule has 6 rings (SSSR count). The van der Waals surface area contributed by atoms with E-state index in [0.29, 0.717) is 28.9 Å². The van der Waals surface area contributed by atoms with Crippen LogP contribution in [-0.4, -0.2) is 39.9 Å². The van der Waals surface area contributed by atoms with Gasteiger partial charge in [0.1, 0.15) is 10.6 Å². The van der Waals surface area contributed by atoms with E-state index < -0.39 is 0 Å². The minimum atomic E-state index is -0.293. The first-order valence-corrected chi connectivity index (χ1v) is 13.5. The number of fused-ring (bicyclic) bond motifs is 1. The van der Waals surface area contributed by atoms with Crippen LogP contribution in [-0.2, 0) is 4.74 Å². The number of thiazole rings is 1. The smallest absolute Gasteiger partial charge is 0.270 e. The third-order valence-corrected chi connectivity index (χ3v) is 8.24. The fourth-order valence-corrected chi connectivity index (χ4v) is 6.38. The third-order valence-electron chi connectivity index (χ3n) is 6.27. The highest BCUT2D eigenvalue weighted by Gasteiger charge is 2.29. The molecule has 1 fully saturated rings. The minimum absolute atomic E-state index is 0.0250. The minimum Gasteiger partial charge on any atom is -0.376 e. The Kier molecular flexibility index (Phi) is 6.12. The molecule has 6 nitrogen and oxygen atoms in total. The highest BCUT2D eigenvalue weighted by atomic mass is 32.1. The van der Waals surface area contributed by atoms with Gasteiger partial charge in [-0.25, -0.2) is 14.1 Å². The summed E-state index contributed by atoms with van der Waals surface area (Å²) < 4.78 is 21.2. The topological polar surface area (TPSA) is 60.2 Å². The van der Waals surface area contributed by atoms with E-state index in [-0.39, 0.29) is 17.8 Å². The summed E-state index contributed by atoms with van der Waals surface area (Å²) in [5.74, 6) is -0.399. The number of rotatable bonds is 6. The Hall–Kier alpha value is -3.40. The van der Waals surface area contributed by atoms with Gasteiger partial charge in [0.15, 0.2) is 5.13 Å². The van der Waals surface area contributed by atoms with Crippen molar-refractivity contribution < 1.29 is 13.9 Å². The molecule has 36 heavy (non-hydrogen) atoms. The monoisotopic (exact) mass is 518 g/mol. The van der Waals surface area contributed by atoms with Crippen LogP contribution in [0.3, 0.4) is 0 Å². The van der Waals surface area contributed by atoms with Gasteiger partial charge in [0, 0.05) is 22.9 Å². The molecule has 1 saturated heterocycles. The maximum atomic E-state index is 13.9. The molecule has 0 radical (unpaired) electrons. The summed E-state index contributed by atoms with van der Waals surface area (Å²) in [6, 6.07) is 18.1. The normalized spacial score (nSPS) is 15.6. The van der Waals surface area contributed by atoms with Gasteiger partial charge in [-0.3, -0.25) is 9.69 Å². The SMILES string of the molecule is Cc1nn(-c2ccccc2)c2sc(C(=O)N(C[C@H]3CCCO3)c3nc(-c4ccc(F)cc4)cs3)cc12. The Morgan fingerprint density at radius 2 is 2.00 bits per heavy atom. The predicted molar refractivity (Wildman–Crippen MR) is 142 cm³/mol. The van der Waals surface area contributed by atoms with Crippen molar-refractivity contribution in [1.82, 2.24) is 14.8 Å². The van der Waals surface area contributed by atoms with Gasteiger partial charge in [0.2, 0.25) is 0 Å². The van der Waals surface area contributed by atoms with Gasteiger partial charge in [-0.05, 0) is 62.2 Å². The number of ether oxygens (including phenoxy) is 1. The van der Waals surface area contributed by atoms with Gasteiger partial charge in [0.05, 0.1) is 34.6 Å². The van der Waals surface area contributed by atoms with Crippen LogP contribution in [0.4, 0.5) is 9.52 Å². The molecule has 0 aliphatic carbocycles. The highest BCUT2D eigenvalue weighted by Crippen LogP contribution is 2.34. The zero-order chi connectivity index (χ0) is 24.6. The van der Waals surface area contributed by atoms with Gasteiger partial charge in [0.25, 0.3) is 5.91 Å². The molecule has 9 heteroatoms. The molecule has 1 amide bonds. The lowest BCUT2D eigenvalue weighted by Crippen LogP contribution is -2.37. The average molecular weight is 519 g/mol. The fraction of sp³-hybridized carbons (Fsp3) is 0.222. The molecule has 1 aliphatic rings. The Balaban J connectivity index is 1.36. The maximum absolute atomic E-state index is 13.9. The lowest BCUT2D eigenvalue weighted by atomic mass is 10.2. The summed E-state index contributed by atoms with van der Waals surface area (Å²) in [4.78, 5) is 22.0. The van der Waals surface area contributed by atoms with Gasteiger partial charge >= 0.3 is 0 Å². The van der Waals surface area contributed by atoms with Crippen molar-refractivity contribution in [2.24, 2.45) is 0 Å². The zero-order valence-corrected chi connectivity index (χ0v) is 21.2. The number of aromatic nitrogens is 3. The Bertz CT molecular complexity index is 1520. The van der Waals surface area contributed by atoms with E-state index in [1.54, 1.807) is 17.0 Å². The summed E-state index contributed by atoms with van der Waals surface area (Å²) >= 11 is 2.84. The van der Waals surface area contributed by atoms with Crippen LogP contribution in [0, 0.1) is 12.7 Å². The quantitative estimate of drug-likeness (QED) is 0.258. The molecule has 2 aromatic carbocycles. The van der Waals surface area contributed by atoms with Gasteiger partial charge < -0.3 is 4.74 Å². The molecule has 4 heterocycles. The number of halogens is 1. The number of hydrogen-bond acceptors (Lipinski definition) is 6. The van der Waals surface area contributed by atoms with Gasteiger partial charge in [-0.1, -0.05) is 18.2 Å². The second-order valence-corrected chi connectivity index (χ2v) is 10.6. The second-order valence-electron chi connectivity index (χ2n) is 8.74. The van der Waals surface area contributed by atoms with Crippen molar-refractivity contribution in [3.8, 4) is 16.9 Å². The fourth-order valence-electron chi connectivity index (χ4n) is 4.41. The second kappa shape index (κ2) is 9.57. The molecule has 1 aliphatic heterocycles. The molecule has 0 bridgehead atoms. The van der Waals surface area contributed by atoms with E-state index in [0.717, 1.165) is 40.0 Å². The Morgan fingerprint density at radius 3 is 2.75 bits per heavy atom. The molecule has 0 saturated carbocycles. The van der Waals surface area contributed by atoms with Crippen LogP contribution >= 0.6 is 22.7 Å². The Morgan fingerprint density at radius 1 is 1.19 bits per heavy atom. The number of para-hydroxylation sites is 1. The summed E-state index contributed by atoms with van der Waals surface area (Å²) in [5, 5.41) is 8.17. The summed E-state index contributed by atoms with van der Waals surface area (Å²) in [6.45, 7) is 3.11. The lowest BCUT2D eigenvalue weighted by molar-refractivity contribution is 0.0920. The van der Waals surface area contributed by atoms with Gasteiger partial charge in [-0.15, -0.1) is 22.7 Å². The number of anilines is 1. The number of hydrogen-bond donors (Lipinski definition) is 0. The van der Waals surface area contributed by atoms with Crippen LogP contribution in [0.5, 0.6) is 0 Å². The summed E-state index contributed by atoms with van der Waals surface area (Å²) in [7, 11) is 0. The van der Waals surface area contributed by atoms with E-state index in [4.69, 9.17) is 14.8 Å².